The third-order valence-corrected chi connectivity index (χ3v) is 14.8. The van der Waals surface area contributed by atoms with Gasteiger partial charge in [0, 0.05) is 19.3 Å². The predicted octanol–water partition coefficient (Wildman–Crippen LogP) is 22.7. The molecule has 0 aromatic carbocycles. The molecule has 0 aliphatic rings. The molecule has 0 spiro atoms. The van der Waals surface area contributed by atoms with E-state index in [1.165, 1.54) is 218 Å². The highest BCUT2D eigenvalue weighted by atomic mass is 16.6. The van der Waals surface area contributed by atoms with Crippen molar-refractivity contribution in [2.75, 3.05) is 13.2 Å². The third-order valence-electron chi connectivity index (χ3n) is 14.8. The van der Waals surface area contributed by atoms with E-state index in [4.69, 9.17) is 14.2 Å². The van der Waals surface area contributed by atoms with Gasteiger partial charge in [-0.1, -0.05) is 306 Å². The minimum Gasteiger partial charge on any atom is -0.462 e. The Balaban J connectivity index is 4.36. The fraction of sp³-hybridized carbons (Fsp3) is 0.814. The summed E-state index contributed by atoms with van der Waals surface area (Å²) < 4.78 is 17.0. The van der Waals surface area contributed by atoms with E-state index in [2.05, 4.69) is 81.5 Å². The molecule has 0 bridgehead atoms. The summed E-state index contributed by atoms with van der Waals surface area (Å²) in [5.74, 6) is -0.862. The minimum absolute atomic E-state index is 0.0736. The van der Waals surface area contributed by atoms with Crippen LogP contribution in [0.4, 0.5) is 0 Å². The van der Waals surface area contributed by atoms with Crippen LogP contribution in [0.1, 0.15) is 348 Å². The van der Waals surface area contributed by atoms with Gasteiger partial charge in [-0.25, -0.2) is 0 Å². The summed E-state index contributed by atoms with van der Waals surface area (Å²) in [5.41, 5.74) is 0. The lowest BCUT2D eigenvalue weighted by Crippen LogP contribution is -2.30. The van der Waals surface area contributed by atoms with Gasteiger partial charge in [-0.15, -0.1) is 0 Å². The monoisotopic (exact) mass is 1060 g/mol. The number of carbonyl (C=O) groups is 3. The highest BCUT2D eigenvalue weighted by molar-refractivity contribution is 5.71. The van der Waals surface area contributed by atoms with Crippen molar-refractivity contribution in [1.82, 2.24) is 0 Å². The second kappa shape index (κ2) is 64.6. The van der Waals surface area contributed by atoms with Crippen LogP contribution in [0.15, 0.2) is 60.8 Å². The van der Waals surface area contributed by atoms with Crippen LogP contribution >= 0.6 is 0 Å². The van der Waals surface area contributed by atoms with Crippen LogP contribution in [-0.4, -0.2) is 37.2 Å². The lowest BCUT2D eigenvalue weighted by atomic mass is 10.0. The van der Waals surface area contributed by atoms with Crippen molar-refractivity contribution in [2.45, 2.75) is 354 Å². The van der Waals surface area contributed by atoms with Gasteiger partial charge in [-0.05, 0) is 83.5 Å². The lowest BCUT2D eigenvalue weighted by molar-refractivity contribution is -0.167. The molecule has 76 heavy (non-hydrogen) atoms. The third kappa shape index (κ3) is 62.0. The van der Waals surface area contributed by atoms with Crippen LogP contribution in [0.5, 0.6) is 0 Å². The predicted molar refractivity (Wildman–Crippen MR) is 330 cm³/mol. The van der Waals surface area contributed by atoms with Gasteiger partial charge in [0.15, 0.2) is 6.10 Å². The van der Waals surface area contributed by atoms with Gasteiger partial charge in [-0.2, -0.15) is 0 Å². The Morgan fingerprint density at radius 1 is 0.276 bits per heavy atom. The van der Waals surface area contributed by atoms with E-state index in [0.717, 1.165) is 89.9 Å². The zero-order valence-corrected chi connectivity index (χ0v) is 50.8. The summed E-state index contributed by atoms with van der Waals surface area (Å²) in [6.07, 6.45) is 82.2. The quantitative estimate of drug-likeness (QED) is 0.0261. The van der Waals surface area contributed by atoms with Crippen LogP contribution in [0.3, 0.4) is 0 Å². The molecule has 0 aliphatic heterocycles. The lowest BCUT2D eigenvalue weighted by Gasteiger charge is -2.18. The number of unbranched alkanes of at least 4 members (excludes halogenated alkanes) is 40. The molecule has 0 fully saturated rings. The van der Waals surface area contributed by atoms with E-state index in [1.807, 2.05) is 0 Å². The van der Waals surface area contributed by atoms with Crippen LogP contribution in [0.25, 0.3) is 0 Å². The summed E-state index contributed by atoms with van der Waals surface area (Å²) in [4.78, 5) is 38.4. The maximum atomic E-state index is 12.9. The Morgan fingerprint density at radius 2 is 0.513 bits per heavy atom. The molecule has 0 saturated heterocycles. The Kier molecular flexibility index (Phi) is 62.2. The van der Waals surface area contributed by atoms with Crippen LogP contribution in [0, 0.1) is 0 Å². The smallest absolute Gasteiger partial charge is 0.306 e. The highest BCUT2D eigenvalue weighted by Gasteiger charge is 2.19. The molecule has 0 saturated carbocycles. The zero-order chi connectivity index (χ0) is 55.0. The molecule has 0 rings (SSSR count). The fourth-order valence-electron chi connectivity index (χ4n) is 9.79. The molecular formula is C70H126O6. The number of hydrogen-bond donors (Lipinski definition) is 0. The van der Waals surface area contributed by atoms with E-state index in [-0.39, 0.29) is 31.1 Å². The van der Waals surface area contributed by atoms with Crippen LogP contribution in [0.2, 0.25) is 0 Å². The molecule has 0 N–H and O–H groups in total. The molecule has 0 radical (unpaired) electrons. The van der Waals surface area contributed by atoms with Crippen molar-refractivity contribution in [2.24, 2.45) is 0 Å². The number of carbonyl (C=O) groups excluding carboxylic acids is 3. The van der Waals surface area contributed by atoms with E-state index in [1.54, 1.807) is 0 Å². The standard InChI is InChI=1S/C70H126O6/c1-4-7-10-13-16-19-22-25-28-31-34-35-37-39-42-45-48-51-54-57-60-63-69(72)75-66-67(65-74-68(71)62-59-56-53-50-47-44-41-38-33-30-27-24-21-18-15-12-9-6-3)76-70(73)64-61-58-55-52-49-46-43-40-36-32-29-26-23-20-17-14-11-8-5-2/h7,10,16,19,25-26,28-29,34-35,67H,4-6,8-9,11-15,17-18,20-24,27,30-33,36-66H2,1-3H3/b10-7-,19-16-,28-25-,29-26-,35-34-. The van der Waals surface area contributed by atoms with E-state index < -0.39 is 6.10 Å². The van der Waals surface area contributed by atoms with Gasteiger partial charge in [0.05, 0.1) is 0 Å². The fourth-order valence-corrected chi connectivity index (χ4v) is 9.79. The van der Waals surface area contributed by atoms with Gasteiger partial charge in [0.2, 0.25) is 0 Å². The number of allylic oxidation sites excluding steroid dienone is 10. The SMILES string of the molecule is CC/C=C\C/C=C\C/C=C\C/C=C\CCCCCCCCCCC(=O)OCC(COC(=O)CCCCCCCCCCCCCCCCCCCC)OC(=O)CCCCCCCCCCC/C=C\CCCCCCCC. The van der Waals surface area contributed by atoms with Crippen LogP contribution in [-0.2, 0) is 28.6 Å². The maximum Gasteiger partial charge on any atom is 0.306 e. The molecule has 0 aliphatic carbocycles. The molecule has 0 amide bonds. The summed E-state index contributed by atoms with van der Waals surface area (Å²) in [7, 11) is 0. The topological polar surface area (TPSA) is 78.9 Å². The molecule has 6 heteroatoms. The van der Waals surface area contributed by atoms with Crippen molar-refractivity contribution in [3.05, 3.63) is 60.8 Å². The van der Waals surface area contributed by atoms with E-state index in [0.29, 0.717) is 19.3 Å². The Bertz CT molecular complexity index is 1360. The Morgan fingerprint density at radius 3 is 0.816 bits per heavy atom. The van der Waals surface area contributed by atoms with Crippen LogP contribution < -0.4 is 0 Å². The Labute approximate surface area is 472 Å². The van der Waals surface area contributed by atoms with Crippen molar-refractivity contribution < 1.29 is 28.6 Å². The maximum absolute atomic E-state index is 12.9. The number of ether oxygens (including phenoxy) is 3. The summed E-state index contributed by atoms with van der Waals surface area (Å²) in [6.45, 7) is 6.58. The minimum atomic E-state index is -0.778. The first-order valence-corrected chi connectivity index (χ1v) is 33.3. The number of rotatable bonds is 61. The normalized spacial score (nSPS) is 12.4. The summed E-state index contributed by atoms with van der Waals surface area (Å²) >= 11 is 0. The van der Waals surface area contributed by atoms with Gasteiger partial charge in [0.1, 0.15) is 13.2 Å². The van der Waals surface area contributed by atoms with Gasteiger partial charge in [0.25, 0.3) is 0 Å². The van der Waals surface area contributed by atoms with E-state index in [9.17, 15) is 14.4 Å². The largest absolute Gasteiger partial charge is 0.462 e. The Hall–Kier alpha value is -2.89. The molecule has 1 atom stereocenters. The number of esters is 3. The first-order valence-electron chi connectivity index (χ1n) is 33.3. The van der Waals surface area contributed by atoms with Gasteiger partial charge in [-0.3, -0.25) is 14.4 Å². The van der Waals surface area contributed by atoms with Gasteiger partial charge >= 0.3 is 17.9 Å². The van der Waals surface area contributed by atoms with Crippen molar-refractivity contribution in [3.63, 3.8) is 0 Å². The average Bonchev–Trinajstić information content (AvgIpc) is 3.42. The first kappa shape index (κ1) is 73.1. The molecule has 0 aromatic heterocycles. The highest BCUT2D eigenvalue weighted by Crippen LogP contribution is 2.17. The van der Waals surface area contributed by atoms with Gasteiger partial charge < -0.3 is 14.2 Å². The summed E-state index contributed by atoms with van der Waals surface area (Å²) in [5, 5.41) is 0. The van der Waals surface area contributed by atoms with E-state index >= 15 is 0 Å². The van der Waals surface area contributed by atoms with Crippen molar-refractivity contribution in [3.8, 4) is 0 Å². The number of hydrogen-bond acceptors (Lipinski definition) is 6. The zero-order valence-electron chi connectivity index (χ0n) is 50.8. The van der Waals surface area contributed by atoms with Crippen molar-refractivity contribution >= 4 is 17.9 Å². The summed E-state index contributed by atoms with van der Waals surface area (Å²) in [6, 6.07) is 0. The molecular weight excluding hydrogens is 937 g/mol. The second-order valence-electron chi connectivity index (χ2n) is 22.4. The second-order valence-corrected chi connectivity index (χ2v) is 22.4. The molecule has 1 unspecified atom stereocenters. The first-order chi connectivity index (χ1) is 37.5. The molecule has 442 valence electrons. The van der Waals surface area contributed by atoms with Crippen molar-refractivity contribution in [1.29, 1.82) is 0 Å². The molecule has 0 heterocycles. The molecule has 6 nitrogen and oxygen atoms in total. The average molecular weight is 1060 g/mol. The molecule has 0 aromatic rings.